The Labute approximate surface area is 104 Å². The monoisotopic (exact) mass is 282 g/mol. The molecule has 1 aliphatic rings. The maximum Gasteiger partial charge on any atom is 0.254 e. The molecule has 0 aliphatic carbocycles. The predicted molar refractivity (Wildman–Crippen MR) is 66.3 cm³/mol. The fourth-order valence-electron chi connectivity index (χ4n) is 1.99. The summed E-state index contributed by atoms with van der Waals surface area (Å²) < 4.78 is 0.716. The minimum absolute atomic E-state index is 0.130. The molecule has 0 bridgehead atoms. The topological polar surface area (TPSA) is 33.2 Å². The Morgan fingerprint density at radius 2 is 1.94 bits per heavy atom. The molecule has 0 radical (unpaired) electrons. The van der Waals surface area contributed by atoms with E-state index in [9.17, 15) is 4.79 Å². The Kier molecular flexibility index (Phi) is 3.93. The van der Waals surface area contributed by atoms with Crippen LogP contribution in [0, 0.1) is 0 Å². The number of rotatable bonds is 1. The van der Waals surface area contributed by atoms with Crippen LogP contribution >= 0.6 is 15.9 Å². The van der Waals surface area contributed by atoms with E-state index in [1.807, 2.05) is 4.90 Å². The van der Waals surface area contributed by atoms with E-state index in [1.165, 1.54) is 12.8 Å². The van der Waals surface area contributed by atoms with Crippen LogP contribution < -0.4 is 0 Å². The highest BCUT2D eigenvalue weighted by Gasteiger charge is 2.17. The summed E-state index contributed by atoms with van der Waals surface area (Å²) >= 11 is 3.29. The molecular weight excluding hydrogens is 268 g/mol. The van der Waals surface area contributed by atoms with E-state index in [0.29, 0.717) is 4.60 Å². The average Bonchev–Trinajstić information content (AvgIpc) is 2.56. The number of carbonyl (C=O) groups is 1. The van der Waals surface area contributed by atoms with Crippen LogP contribution in [-0.4, -0.2) is 28.9 Å². The molecule has 2 heterocycles. The van der Waals surface area contributed by atoms with Crippen LogP contribution in [-0.2, 0) is 0 Å². The van der Waals surface area contributed by atoms with Gasteiger partial charge in [-0.2, -0.15) is 0 Å². The van der Waals surface area contributed by atoms with Gasteiger partial charge in [0.1, 0.15) is 4.60 Å². The maximum absolute atomic E-state index is 12.2. The van der Waals surface area contributed by atoms with Crippen molar-refractivity contribution >= 4 is 21.8 Å². The third-order valence-electron chi connectivity index (χ3n) is 2.87. The highest BCUT2D eigenvalue weighted by molar-refractivity contribution is 9.10. The highest BCUT2D eigenvalue weighted by atomic mass is 79.9. The van der Waals surface area contributed by atoms with Crippen molar-refractivity contribution in [2.45, 2.75) is 25.7 Å². The minimum atomic E-state index is 0.130. The number of nitrogens with zero attached hydrogens (tertiary/aromatic N) is 2. The molecule has 1 fully saturated rings. The summed E-state index contributed by atoms with van der Waals surface area (Å²) in [7, 11) is 0. The van der Waals surface area contributed by atoms with Gasteiger partial charge in [0.05, 0.1) is 0 Å². The summed E-state index contributed by atoms with van der Waals surface area (Å²) in [6.07, 6.45) is 6.39. The number of halogens is 1. The first-order valence-corrected chi connectivity index (χ1v) is 6.47. The molecule has 1 amide bonds. The first kappa shape index (κ1) is 11.6. The first-order chi connectivity index (χ1) is 7.77. The quantitative estimate of drug-likeness (QED) is 0.742. The van der Waals surface area contributed by atoms with Crippen LogP contribution in [0.3, 0.4) is 0 Å². The molecule has 4 heteroatoms. The minimum Gasteiger partial charge on any atom is -0.339 e. The smallest absolute Gasteiger partial charge is 0.254 e. The largest absolute Gasteiger partial charge is 0.339 e. The molecule has 2 rings (SSSR count). The van der Waals surface area contributed by atoms with Crippen LogP contribution in [0.2, 0.25) is 0 Å². The zero-order valence-corrected chi connectivity index (χ0v) is 10.7. The summed E-state index contributed by atoms with van der Waals surface area (Å²) in [5.41, 5.74) is 0.726. The third-order valence-corrected chi connectivity index (χ3v) is 3.30. The van der Waals surface area contributed by atoms with E-state index >= 15 is 0 Å². The Hall–Kier alpha value is -0.900. The fourth-order valence-corrected chi connectivity index (χ4v) is 2.36. The summed E-state index contributed by atoms with van der Waals surface area (Å²) in [5, 5.41) is 0. The Balaban J connectivity index is 2.11. The molecule has 0 N–H and O–H groups in total. The number of amides is 1. The van der Waals surface area contributed by atoms with Gasteiger partial charge in [0, 0.05) is 24.8 Å². The highest BCUT2D eigenvalue weighted by Crippen LogP contribution is 2.15. The number of aromatic nitrogens is 1. The lowest BCUT2D eigenvalue weighted by Gasteiger charge is -2.20. The van der Waals surface area contributed by atoms with Crippen molar-refractivity contribution in [2.75, 3.05) is 13.1 Å². The normalized spacial score (nSPS) is 16.9. The van der Waals surface area contributed by atoms with Gasteiger partial charge in [-0.15, -0.1) is 0 Å². The van der Waals surface area contributed by atoms with E-state index in [4.69, 9.17) is 0 Å². The van der Waals surface area contributed by atoms with Crippen molar-refractivity contribution < 1.29 is 4.79 Å². The SMILES string of the molecule is O=C(c1ccnc(Br)c1)N1CCCCCC1. The van der Waals surface area contributed by atoms with Crippen molar-refractivity contribution in [1.82, 2.24) is 9.88 Å². The first-order valence-electron chi connectivity index (χ1n) is 5.68. The van der Waals surface area contributed by atoms with E-state index in [0.717, 1.165) is 31.5 Å². The lowest BCUT2D eigenvalue weighted by atomic mass is 10.2. The molecule has 1 saturated heterocycles. The standard InChI is InChI=1S/C12H15BrN2O/c13-11-9-10(5-6-14-11)12(16)15-7-3-1-2-4-8-15/h5-6,9H,1-4,7-8H2. The molecule has 0 aromatic carbocycles. The Morgan fingerprint density at radius 3 is 2.56 bits per heavy atom. The summed E-state index contributed by atoms with van der Waals surface area (Å²) in [5.74, 6) is 0.130. The molecule has 1 aromatic rings. The van der Waals surface area contributed by atoms with Gasteiger partial charge in [-0.25, -0.2) is 4.98 Å². The van der Waals surface area contributed by atoms with Crippen molar-refractivity contribution in [2.24, 2.45) is 0 Å². The van der Waals surface area contributed by atoms with Crippen molar-refractivity contribution in [1.29, 1.82) is 0 Å². The van der Waals surface area contributed by atoms with Gasteiger partial charge in [-0.05, 0) is 40.9 Å². The Morgan fingerprint density at radius 1 is 1.25 bits per heavy atom. The lowest BCUT2D eigenvalue weighted by molar-refractivity contribution is 0.0761. The van der Waals surface area contributed by atoms with Gasteiger partial charge in [-0.3, -0.25) is 4.79 Å². The second kappa shape index (κ2) is 5.43. The van der Waals surface area contributed by atoms with Crippen LogP contribution in [0.15, 0.2) is 22.9 Å². The molecular formula is C12H15BrN2O. The fraction of sp³-hybridized carbons (Fsp3) is 0.500. The summed E-state index contributed by atoms with van der Waals surface area (Å²) in [6, 6.07) is 3.56. The molecule has 1 aliphatic heterocycles. The molecule has 0 unspecified atom stereocenters. The molecule has 0 saturated carbocycles. The lowest BCUT2D eigenvalue weighted by Crippen LogP contribution is -2.31. The number of hydrogen-bond donors (Lipinski definition) is 0. The second-order valence-corrected chi connectivity index (χ2v) is 4.89. The van der Waals surface area contributed by atoms with Gasteiger partial charge >= 0.3 is 0 Å². The molecule has 16 heavy (non-hydrogen) atoms. The molecule has 3 nitrogen and oxygen atoms in total. The van der Waals surface area contributed by atoms with Gasteiger partial charge in [-0.1, -0.05) is 12.8 Å². The summed E-state index contributed by atoms with van der Waals surface area (Å²) in [6.45, 7) is 1.78. The van der Waals surface area contributed by atoms with Gasteiger partial charge in [0.15, 0.2) is 0 Å². The number of pyridine rings is 1. The third kappa shape index (κ3) is 2.82. The van der Waals surface area contributed by atoms with Crippen LogP contribution in [0.5, 0.6) is 0 Å². The van der Waals surface area contributed by atoms with Crippen molar-refractivity contribution in [3.63, 3.8) is 0 Å². The molecule has 86 valence electrons. The molecule has 0 spiro atoms. The van der Waals surface area contributed by atoms with E-state index < -0.39 is 0 Å². The number of likely N-dealkylation sites (tertiary alicyclic amines) is 1. The maximum atomic E-state index is 12.2. The van der Waals surface area contributed by atoms with E-state index in [-0.39, 0.29) is 5.91 Å². The second-order valence-electron chi connectivity index (χ2n) is 4.07. The molecule has 1 aromatic heterocycles. The van der Waals surface area contributed by atoms with Crippen molar-refractivity contribution in [3.05, 3.63) is 28.5 Å². The predicted octanol–water partition coefficient (Wildman–Crippen LogP) is 2.86. The van der Waals surface area contributed by atoms with Gasteiger partial charge in [0.25, 0.3) is 5.91 Å². The zero-order valence-electron chi connectivity index (χ0n) is 9.16. The average molecular weight is 283 g/mol. The van der Waals surface area contributed by atoms with E-state index in [2.05, 4.69) is 20.9 Å². The van der Waals surface area contributed by atoms with Gasteiger partial charge in [0.2, 0.25) is 0 Å². The number of carbonyl (C=O) groups excluding carboxylic acids is 1. The number of hydrogen-bond acceptors (Lipinski definition) is 2. The summed E-state index contributed by atoms with van der Waals surface area (Å²) in [4.78, 5) is 18.2. The Bertz CT molecular complexity index is 373. The van der Waals surface area contributed by atoms with Crippen LogP contribution in [0.4, 0.5) is 0 Å². The zero-order chi connectivity index (χ0) is 11.4. The van der Waals surface area contributed by atoms with E-state index in [1.54, 1.807) is 18.3 Å². The van der Waals surface area contributed by atoms with Crippen molar-refractivity contribution in [3.8, 4) is 0 Å². The molecule has 0 atom stereocenters. The van der Waals surface area contributed by atoms with Crippen LogP contribution in [0.1, 0.15) is 36.0 Å². The van der Waals surface area contributed by atoms with Gasteiger partial charge < -0.3 is 4.90 Å². The van der Waals surface area contributed by atoms with Crippen LogP contribution in [0.25, 0.3) is 0 Å².